The van der Waals surface area contributed by atoms with Gasteiger partial charge in [0.1, 0.15) is 30.7 Å². The molecule has 276 valence electrons. The van der Waals surface area contributed by atoms with Crippen molar-refractivity contribution in [1.82, 2.24) is 29.1 Å². The van der Waals surface area contributed by atoms with Crippen molar-refractivity contribution in [3.05, 3.63) is 81.1 Å². The van der Waals surface area contributed by atoms with E-state index in [4.69, 9.17) is 40.1 Å². The smallest absolute Gasteiger partial charge is 0.330 e. The number of carbonyl (C=O) groups is 1. The van der Waals surface area contributed by atoms with Crippen LogP contribution in [0, 0.1) is 18.3 Å². The number of ether oxygens (including phenoxy) is 2. The van der Waals surface area contributed by atoms with E-state index in [9.17, 15) is 24.6 Å². The molecule has 0 bridgehead atoms. The highest BCUT2D eigenvalue weighted by atomic mass is 32.5. The molecule has 0 saturated carbocycles. The highest BCUT2D eigenvalue weighted by Gasteiger charge is 2.51. The first-order valence-electron chi connectivity index (χ1n) is 15.6. The minimum Gasteiger partial charge on any atom is -0.394 e. The van der Waals surface area contributed by atoms with Crippen molar-refractivity contribution in [3.8, 4) is 6.07 Å². The number of nitrogens with zero attached hydrogens (tertiary/aromatic N) is 6. The lowest BCUT2D eigenvalue weighted by atomic mass is 10.1. The Morgan fingerprint density at radius 3 is 2.56 bits per heavy atom. The Hall–Kier alpha value is -4.36. The summed E-state index contributed by atoms with van der Waals surface area (Å²) in [5, 5.41) is 32.3. The number of H-pyrrole nitrogens is 1. The molecule has 9 atom stereocenters. The lowest BCUT2D eigenvalue weighted by Gasteiger charge is -2.29. The molecule has 6 rings (SSSR count). The van der Waals surface area contributed by atoms with Crippen LogP contribution in [0.3, 0.4) is 0 Å². The number of hydrogen-bond acceptors (Lipinski definition) is 15. The average Bonchev–Trinajstić information content (AvgIpc) is 3.77. The number of aromatic nitrogens is 6. The Kier molecular flexibility index (Phi) is 11.3. The highest BCUT2D eigenvalue weighted by molar-refractivity contribution is 8.07. The molecule has 1 amide bonds. The summed E-state index contributed by atoms with van der Waals surface area (Å²) >= 11 is 5.50. The van der Waals surface area contributed by atoms with Gasteiger partial charge in [-0.05, 0) is 30.9 Å². The minimum absolute atomic E-state index is 0.0544. The number of anilines is 1. The van der Waals surface area contributed by atoms with Gasteiger partial charge in [-0.15, -0.1) is 0 Å². The van der Waals surface area contributed by atoms with Crippen LogP contribution in [0.2, 0.25) is 0 Å². The fourth-order valence-electron chi connectivity index (χ4n) is 5.51. The van der Waals surface area contributed by atoms with Gasteiger partial charge in [-0.25, -0.2) is 28.5 Å². The zero-order valence-electron chi connectivity index (χ0n) is 27.0. The van der Waals surface area contributed by atoms with Crippen LogP contribution in [0.5, 0.6) is 0 Å². The minimum atomic E-state index is -4.14. The lowest BCUT2D eigenvalue weighted by Crippen LogP contribution is -2.38. The molecular weight excluding hydrogens is 733 g/mol. The predicted molar refractivity (Wildman–Crippen MR) is 178 cm³/mol. The van der Waals surface area contributed by atoms with Crippen LogP contribution >= 0.6 is 6.72 Å². The predicted octanol–water partition coefficient (Wildman–Crippen LogP) is 1.32. The second kappa shape index (κ2) is 15.7. The first-order chi connectivity index (χ1) is 24.9. The number of nitrogens with one attached hydrogen (secondary N) is 2. The summed E-state index contributed by atoms with van der Waals surface area (Å²) in [7, 11) is 0. The molecule has 3 aromatic heterocycles. The number of nitriles is 1. The van der Waals surface area contributed by atoms with E-state index in [2.05, 4.69) is 20.3 Å². The number of amides is 1. The van der Waals surface area contributed by atoms with E-state index in [1.165, 1.54) is 10.9 Å². The molecule has 5 unspecified atom stereocenters. The Labute approximate surface area is 297 Å². The molecule has 0 aliphatic carbocycles. The van der Waals surface area contributed by atoms with E-state index in [0.717, 1.165) is 28.7 Å². The monoisotopic (exact) mass is 764 g/mol. The quantitative estimate of drug-likeness (QED) is 0.111. The number of carbonyl (C=O) groups excluding carboxylic acids is 1. The maximum atomic E-state index is 15.6. The van der Waals surface area contributed by atoms with Crippen molar-refractivity contribution in [2.75, 3.05) is 25.1 Å². The van der Waals surface area contributed by atoms with Gasteiger partial charge in [0.25, 0.3) is 11.5 Å². The number of aliphatic hydroxyl groups is 2. The number of benzene rings is 1. The lowest BCUT2D eigenvalue weighted by molar-refractivity contribution is -0.0595. The van der Waals surface area contributed by atoms with Crippen LogP contribution in [-0.4, -0.2) is 102 Å². The van der Waals surface area contributed by atoms with Crippen molar-refractivity contribution in [1.29, 1.82) is 5.26 Å². The second-order valence-electron chi connectivity index (χ2n) is 11.6. The summed E-state index contributed by atoms with van der Waals surface area (Å²) in [6.07, 6.45) is -10.4. The normalized spacial score (nSPS) is 27.0. The molecule has 1 aromatic carbocycles. The van der Waals surface area contributed by atoms with Crippen LogP contribution in [0.4, 0.5) is 14.6 Å². The Morgan fingerprint density at radius 2 is 1.85 bits per heavy atom. The van der Waals surface area contributed by atoms with Crippen LogP contribution in [0.1, 0.15) is 34.8 Å². The molecule has 5 heterocycles. The van der Waals surface area contributed by atoms with E-state index in [1.54, 1.807) is 24.3 Å². The van der Waals surface area contributed by atoms with E-state index < -0.39 is 86.3 Å². The third kappa shape index (κ3) is 7.71. The third-order valence-electron chi connectivity index (χ3n) is 8.15. The maximum Gasteiger partial charge on any atom is 0.330 e. The number of alkyl halides is 2. The van der Waals surface area contributed by atoms with Crippen LogP contribution in [-0.2, 0) is 34.9 Å². The number of halogens is 2. The van der Waals surface area contributed by atoms with Gasteiger partial charge in [0.05, 0.1) is 38.6 Å². The fourth-order valence-corrected chi connectivity index (χ4v) is 7.57. The van der Waals surface area contributed by atoms with Gasteiger partial charge in [0, 0.05) is 17.8 Å². The van der Waals surface area contributed by atoms with E-state index in [0.29, 0.717) is 5.56 Å². The number of aromatic amines is 1. The molecule has 4 N–H and O–H groups in total. The molecular formula is C30H31F2N8O10PS. The number of fused-ring (bicyclic) bond motifs is 1. The van der Waals surface area contributed by atoms with Crippen molar-refractivity contribution >= 4 is 41.4 Å². The molecule has 4 aromatic rings. The highest BCUT2D eigenvalue weighted by Crippen LogP contribution is 2.55. The van der Waals surface area contributed by atoms with Crippen molar-refractivity contribution in [2.24, 2.45) is 0 Å². The zero-order chi connectivity index (χ0) is 37.2. The summed E-state index contributed by atoms with van der Waals surface area (Å²) in [4.78, 5) is 51.5. The standard InChI is InChI=1S/C30H31F2N8O10PS/c1-15-3-5-16(6-4-15)27(44)38-25-22-26(35-13-34-25)40(14-36-22)28-23(43)20(31)18(49-28)12-47-51(52,46-10-2-8-33)50-24-21(32)17(11-41)48-29(24)39-9-7-19(42)37-30(39)45/h3-7,9,13-14,17-18,20-21,23-24,28-29,41,43H,2,10-12H2,1H3,(H,37,42,45)(H,34,35,38,44)/t17-,18-,20?,21?,23?,24?,28-,29-,51?/m1/s1. The SMILES string of the molecule is Cc1ccc(C(=O)Nc2ncnc3c2ncn3[C@@H]2O[C@H](COP(=S)(OCCC#N)OC3C(F)[C@@H](CO)O[C@H]3n3ccc(=O)[nH]c3=O)C(F)C2O)cc1. The maximum absolute atomic E-state index is 15.6. The van der Waals surface area contributed by atoms with Crippen LogP contribution < -0.4 is 16.6 Å². The van der Waals surface area contributed by atoms with Crippen molar-refractivity contribution in [2.45, 2.75) is 62.6 Å². The molecule has 2 aliphatic rings. The third-order valence-corrected chi connectivity index (χ3v) is 10.5. The molecule has 2 aliphatic heterocycles. The number of hydrogen-bond donors (Lipinski definition) is 4. The fraction of sp³-hybridized carbons (Fsp3) is 0.433. The number of imidazole rings is 1. The number of aryl methyl sites for hydroxylation is 1. The first-order valence-corrected chi connectivity index (χ1v) is 18.2. The van der Waals surface area contributed by atoms with Gasteiger partial charge in [-0.1, -0.05) is 17.7 Å². The molecule has 52 heavy (non-hydrogen) atoms. The van der Waals surface area contributed by atoms with Gasteiger partial charge in [0.2, 0.25) is 0 Å². The Balaban J connectivity index is 1.19. The zero-order valence-corrected chi connectivity index (χ0v) is 28.7. The first kappa shape index (κ1) is 37.4. The Morgan fingerprint density at radius 1 is 1.10 bits per heavy atom. The van der Waals surface area contributed by atoms with E-state index >= 15 is 8.78 Å². The van der Waals surface area contributed by atoms with Crippen LogP contribution in [0.15, 0.2) is 58.8 Å². The van der Waals surface area contributed by atoms with Gasteiger partial charge >= 0.3 is 12.4 Å². The molecule has 2 saturated heterocycles. The molecule has 18 nitrogen and oxygen atoms in total. The topological polar surface area (TPSA) is 238 Å². The second-order valence-corrected chi connectivity index (χ2v) is 14.6. The molecule has 2 fully saturated rings. The van der Waals surface area contributed by atoms with Gasteiger partial charge in [-0.3, -0.25) is 28.2 Å². The van der Waals surface area contributed by atoms with Gasteiger partial charge < -0.3 is 34.1 Å². The molecule has 0 spiro atoms. The molecule has 22 heteroatoms. The average molecular weight is 765 g/mol. The summed E-state index contributed by atoms with van der Waals surface area (Å²) in [5.74, 6) is -0.409. The summed E-state index contributed by atoms with van der Waals surface area (Å²) in [5.41, 5.74) is -0.161. The van der Waals surface area contributed by atoms with E-state index in [1.807, 2.05) is 18.0 Å². The summed E-state index contributed by atoms with van der Waals surface area (Å²) in [6.45, 7) is -4.12. The summed E-state index contributed by atoms with van der Waals surface area (Å²) < 4.78 is 61.7. The Bertz CT molecular complexity index is 2130. The van der Waals surface area contributed by atoms with Crippen LogP contribution in [0.25, 0.3) is 11.2 Å². The van der Waals surface area contributed by atoms with Gasteiger partial charge in [0.15, 0.2) is 41.8 Å². The largest absolute Gasteiger partial charge is 0.394 e. The number of aliphatic hydroxyl groups excluding tert-OH is 2. The summed E-state index contributed by atoms with van der Waals surface area (Å²) in [6, 6.07) is 9.65. The van der Waals surface area contributed by atoms with Crippen molar-refractivity contribution in [3.63, 3.8) is 0 Å². The van der Waals surface area contributed by atoms with E-state index in [-0.39, 0.29) is 30.0 Å². The van der Waals surface area contributed by atoms with Crippen molar-refractivity contribution < 1.29 is 46.8 Å². The number of rotatable bonds is 13. The molecule has 0 radical (unpaired) electrons. The van der Waals surface area contributed by atoms with Gasteiger partial charge in [-0.2, -0.15) is 5.26 Å².